The van der Waals surface area contributed by atoms with Gasteiger partial charge in [0, 0.05) is 82.9 Å². The fourth-order valence-electron chi connectivity index (χ4n) is 16.9. The Balaban J connectivity index is 1.04. The van der Waals surface area contributed by atoms with Crippen molar-refractivity contribution in [3.63, 3.8) is 0 Å². The molecular weight excluding hydrogens is 1250 g/mol. The molecule has 102 heavy (non-hydrogen) atoms. The molecule has 0 bridgehead atoms. The Kier molecular flexibility index (Phi) is 14.2. The van der Waals surface area contributed by atoms with E-state index in [0.717, 1.165) is 129 Å². The molecule has 2 aliphatic rings. The number of hydrogen-bond donors (Lipinski definition) is 0. The lowest BCUT2D eigenvalue weighted by molar-refractivity contribution is 0.669. The number of anilines is 6. The van der Waals surface area contributed by atoms with Gasteiger partial charge in [-0.3, -0.25) is 0 Å². The van der Waals surface area contributed by atoms with Crippen LogP contribution in [0.3, 0.4) is 0 Å². The predicted octanol–water partition coefficient (Wildman–Crippen LogP) is 27.7. The second-order valence-corrected chi connectivity index (χ2v) is 27.8. The Bertz CT molecular complexity index is 6300. The summed E-state index contributed by atoms with van der Waals surface area (Å²) in [7, 11) is 0. The van der Waals surface area contributed by atoms with Gasteiger partial charge in [-0.1, -0.05) is 309 Å². The Morgan fingerprint density at radius 2 is 0.686 bits per heavy atom. The van der Waals surface area contributed by atoms with Gasteiger partial charge < -0.3 is 14.2 Å². The standard InChI is InChI=1S/C98H64N2OS/c1-7-32-63(33-8-1)72-51-29-43-69-61-82-95(89(69)72)98(92(67-40-15-5-16-41-67)91(66-38-13-4-14-39-66)97(82)99(70-44-17-6-18-45-70)83-54-25-21-47-73(83)75-52-30-57-86-93(75)77-49-23-27-56-85(77)101-86)100(84-55-26-22-48-74(84)76-53-31-59-88-94(76)78-50-24-28-58-87(78)102-88)96-81-60-68-42-19-20-46-71(68)80(81)62-79(64-34-9-2-10-35-64)90(96)65-36-11-3-12-37-65/h1-59,62H,60-61H2. The number of fused-ring (bicyclic) bond motifs is 12. The van der Waals surface area contributed by atoms with Crippen molar-refractivity contribution in [2.75, 3.05) is 9.80 Å². The van der Waals surface area contributed by atoms with E-state index < -0.39 is 0 Å². The molecular formula is C98H64N2OS. The van der Waals surface area contributed by atoms with Crippen molar-refractivity contribution in [3.8, 4) is 100 Å². The van der Waals surface area contributed by atoms with E-state index in [1.54, 1.807) is 0 Å². The van der Waals surface area contributed by atoms with Crippen molar-refractivity contribution in [1.29, 1.82) is 0 Å². The number of para-hydroxylation sites is 4. The van der Waals surface area contributed by atoms with Gasteiger partial charge in [-0.05, 0) is 144 Å². The molecule has 0 saturated heterocycles. The van der Waals surface area contributed by atoms with Gasteiger partial charge in [-0.25, -0.2) is 0 Å². The van der Waals surface area contributed by atoms with Crippen LogP contribution in [0.4, 0.5) is 34.1 Å². The molecule has 16 aromatic carbocycles. The van der Waals surface area contributed by atoms with Gasteiger partial charge in [-0.15, -0.1) is 11.3 Å². The SMILES string of the molecule is c1ccc(-c2cccc3c2-c2c(c(N(c4ccccc4)c4ccccc4-c4cccc5oc6ccccc6c45)c(-c4ccccc4)c(-c4ccccc4)c2N(c2ccccc2-c2cccc4sc5ccccc5c24)c2c4c(cc(-c5ccccc5)c2-c2ccccc2)-c2ccccc2C4)C3)cc1. The zero-order chi connectivity index (χ0) is 67.2. The number of hydrogen-bond acceptors (Lipinski definition) is 4. The number of thiophene rings is 1. The molecule has 0 aliphatic heterocycles. The second-order valence-electron chi connectivity index (χ2n) is 26.7. The Labute approximate surface area is 597 Å². The van der Waals surface area contributed by atoms with Crippen LogP contribution < -0.4 is 9.80 Å². The summed E-state index contributed by atoms with van der Waals surface area (Å²) in [6, 6.07) is 136. The minimum absolute atomic E-state index is 0.630. The van der Waals surface area contributed by atoms with E-state index >= 15 is 0 Å². The molecule has 2 aliphatic carbocycles. The van der Waals surface area contributed by atoms with Crippen LogP contribution in [-0.2, 0) is 12.8 Å². The largest absolute Gasteiger partial charge is 0.456 e. The van der Waals surface area contributed by atoms with Crippen LogP contribution in [0.1, 0.15) is 22.3 Å². The van der Waals surface area contributed by atoms with Gasteiger partial charge in [0.25, 0.3) is 0 Å². The number of rotatable bonds is 13. The van der Waals surface area contributed by atoms with Gasteiger partial charge in [0.15, 0.2) is 0 Å². The molecule has 2 aromatic heterocycles. The summed E-state index contributed by atoms with van der Waals surface area (Å²) < 4.78 is 9.27. The van der Waals surface area contributed by atoms with Gasteiger partial charge >= 0.3 is 0 Å². The van der Waals surface area contributed by atoms with Crippen LogP contribution in [0.15, 0.2) is 368 Å². The lowest BCUT2D eigenvalue weighted by Crippen LogP contribution is -2.20. The van der Waals surface area contributed by atoms with E-state index in [2.05, 4.69) is 374 Å². The van der Waals surface area contributed by atoms with Crippen LogP contribution in [-0.4, -0.2) is 0 Å². The lowest BCUT2D eigenvalue weighted by atomic mass is 9.81. The molecule has 18 aromatic rings. The number of furan rings is 1. The average molecular weight is 1320 g/mol. The van der Waals surface area contributed by atoms with E-state index in [1.165, 1.54) is 75.8 Å². The minimum Gasteiger partial charge on any atom is -0.456 e. The van der Waals surface area contributed by atoms with Gasteiger partial charge in [0.1, 0.15) is 11.2 Å². The molecule has 0 radical (unpaired) electrons. The third-order valence-electron chi connectivity index (χ3n) is 21.1. The molecule has 0 amide bonds. The number of nitrogens with zero attached hydrogens (tertiary/aromatic N) is 2. The Hall–Kier alpha value is -12.9. The van der Waals surface area contributed by atoms with Crippen LogP contribution in [0.2, 0.25) is 0 Å². The summed E-state index contributed by atoms with van der Waals surface area (Å²) in [6.07, 6.45) is 1.35. The van der Waals surface area contributed by atoms with E-state index in [9.17, 15) is 0 Å². The maximum atomic E-state index is 6.75. The van der Waals surface area contributed by atoms with E-state index in [0.29, 0.717) is 6.42 Å². The third kappa shape index (κ3) is 9.55. The Morgan fingerprint density at radius 1 is 0.245 bits per heavy atom. The Morgan fingerprint density at radius 3 is 1.36 bits per heavy atom. The highest BCUT2D eigenvalue weighted by Crippen LogP contribution is 2.66. The third-order valence-corrected chi connectivity index (χ3v) is 22.3. The normalized spacial score (nSPS) is 12.0. The van der Waals surface area contributed by atoms with E-state index in [4.69, 9.17) is 4.42 Å². The minimum atomic E-state index is 0.630. The quantitative estimate of drug-likeness (QED) is 0.115. The highest BCUT2D eigenvalue weighted by Gasteiger charge is 2.42. The summed E-state index contributed by atoms with van der Waals surface area (Å²) in [5.74, 6) is 0. The average Bonchev–Trinajstić information content (AvgIpc) is 1.37. The van der Waals surface area contributed by atoms with Crippen molar-refractivity contribution in [2.45, 2.75) is 12.8 Å². The fourth-order valence-corrected chi connectivity index (χ4v) is 18.0. The monoisotopic (exact) mass is 1320 g/mol. The van der Waals surface area contributed by atoms with Crippen molar-refractivity contribution >= 4 is 87.6 Å². The van der Waals surface area contributed by atoms with E-state index in [-0.39, 0.29) is 0 Å². The molecule has 0 atom stereocenters. The van der Waals surface area contributed by atoms with Crippen molar-refractivity contribution in [1.82, 2.24) is 0 Å². The van der Waals surface area contributed by atoms with Crippen molar-refractivity contribution in [2.24, 2.45) is 0 Å². The van der Waals surface area contributed by atoms with Gasteiger partial charge in [0.2, 0.25) is 0 Å². The molecule has 0 spiro atoms. The van der Waals surface area contributed by atoms with Gasteiger partial charge in [-0.2, -0.15) is 0 Å². The van der Waals surface area contributed by atoms with Crippen LogP contribution in [0, 0.1) is 0 Å². The lowest BCUT2D eigenvalue weighted by Gasteiger charge is -2.39. The van der Waals surface area contributed by atoms with Gasteiger partial charge in [0.05, 0.1) is 28.4 Å². The molecule has 0 unspecified atom stereocenters. The molecule has 0 N–H and O–H groups in total. The highest BCUT2D eigenvalue weighted by atomic mass is 32.1. The molecule has 478 valence electrons. The molecule has 2 heterocycles. The zero-order valence-electron chi connectivity index (χ0n) is 55.8. The predicted molar refractivity (Wildman–Crippen MR) is 431 cm³/mol. The molecule has 0 saturated carbocycles. The summed E-state index contributed by atoms with van der Waals surface area (Å²) >= 11 is 1.87. The summed E-state index contributed by atoms with van der Waals surface area (Å²) in [5.41, 5.74) is 34.0. The molecule has 4 heteroatoms. The first-order valence-electron chi connectivity index (χ1n) is 35.2. The first-order chi connectivity index (χ1) is 50.7. The van der Waals surface area contributed by atoms with Crippen LogP contribution in [0.5, 0.6) is 0 Å². The first kappa shape index (κ1) is 59.2. The van der Waals surface area contributed by atoms with E-state index in [1.807, 2.05) is 11.3 Å². The summed E-state index contributed by atoms with van der Waals surface area (Å²) in [5, 5.41) is 4.68. The molecule has 20 rings (SSSR count). The maximum absolute atomic E-state index is 6.75. The number of benzene rings is 16. The maximum Gasteiger partial charge on any atom is 0.136 e. The zero-order valence-corrected chi connectivity index (χ0v) is 56.6. The van der Waals surface area contributed by atoms with Crippen molar-refractivity contribution in [3.05, 3.63) is 386 Å². The highest BCUT2D eigenvalue weighted by molar-refractivity contribution is 7.26. The summed E-state index contributed by atoms with van der Waals surface area (Å²) in [6.45, 7) is 0. The van der Waals surface area contributed by atoms with Crippen LogP contribution >= 0.6 is 11.3 Å². The van der Waals surface area contributed by atoms with Crippen molar-refractivity contribution < 1.29 is 4.42 Å². The topological polar surface area (TPSA) is 19.6 Å². The second kappa shape index (κ2) is 24.5. The van der Waals surface area contributed by atoms with Crippen LogP contribution in [0.25, 0.3) is 142 Å². The smallest absolute Gasteiger partial charge is 0.136 e. The summed E-state index contributed by atoms with van der Waals surface area (Å²) in [4.78, 5) is 5.45. The first-order valence-corrected chi connectivity index (χ1v) is 36.0. The molecule has 3 nitrogen and oxygen atoms in total. The fraction of sp³-hybridized carbons (Fsp3) is 0.0204. The molecule has 0 fully saturated rings.